The summed E-state index contributed by atoms with van der Waals surface area (Å²) in [5.74, 6) is -5.97. The number of hydrogen-bond acceptors (Lipinski definition) is 5. The molecule has 1 fully saturated rings. The molecule has 1 unspecified atom stereocenters. The summed E-state index contributed by atoms with van der Waals surface area (Å²) in [7, 11) is 0. The lowest BCUT2D eigenvalue weighted by atomic mass is 9.95. The molecule has 0 aliphatic carbocycles. The number of halogens is 5. The third-order valence-corrected chi connectivity index (χ3v) is 4.94. The van der Waals surface area contributed by atoms with E-state index in [1.165, 1.54) is 24.1 Å². The van der Waals surface area contributed by atoms with E-state index in [1.54, 1.807) is 0 Å². The van der Waals surface area contributed by atoms with Crippen LogP contribution in [0.2, 0.25) is 0 Å². The van der Waals surface area contributed by atoms with E-state index >= 15 is 0 Å². The van der Waals surface area contributed by atoms with Gasteiger partial charge in [-0.3, -0.25) is 14.6 Å². The zero-order chi connectivity index (χ0) is 23.0. The summed E-state index contributed by atoms with van der Waals surface area (Å²) in [5, 5.41) is 2.37. The van der Waals surface area contributed by atoms with Crippen LogP contribution in [0, 0.1) is 5.92 Å². The summed E-state index contributed by atoms with van der Waals surface area (Å²) in [6.07, 6.45) is -3.54. The van der Waals surface area contributed by atoms with Gasteiger partial charge in [0, 0.05) is 43.5 Å². The first-order valence-corrected chi connectivity index (χ1v) is 9.15. The third kappa shape index (κ3) is 4.89. The van der Waals surface area contributed by atoms with Gasteiger partial charge in [0.2, 0.25) is 0 Å². The zero-order valence-corrected chi connectivity index (χ0v) is 16.2. The average molecular weight is 443 g/mol. The van der Waals surface area contributed by atoms with Gasteiger partial charge in [-0.2, -0.15) is 13.2 Å². The van der Waals surface area contributed by atoms with Gasteiger partial charge in [-0.1, -0.05) is 6.92 Å². The number of primary amides is 1. The summed E-state index contributed by atoms with van der Waals surface area (Å²) in [6, 6.07) is 3.09. The molecule has 1 aliphatic rings. The van der Waals surface area contributed by atoms with Gasteiger partial charge < -0.3 is 16.0 Å². The van der Waals surface area contributed by atoms with Crippen molar-refractivity contribution in [2.75, 3.05) is 23.3 Å². The van der Waals surface area contributed by atoms with Gasteiger partial charge in [0.25, 0.3) is 17.7 Å². The van der Waals surface area contributed by atoms with Crippen molar-refractivity contribution < 1.29 is 31.5 Å². The van der Waals surface area contributed by atoms with Crippen molar-refractivity contribution in [1.82, 2.24) is 9.97 Å². The molecule has 2 aromatic rings. The molecule has 0 spiro atoms. The Morgan fingerprint density at radius 2 is 1.97 bits per heavy atom. The third-order valence-electron chi connectivity index (χ3n) is 4.94. The second kappa shape index (κ2) is 8.08. The lowest BCUT2D eigenvalue weighted by Gasteiger charge is -2.38. The van der Waals surface area contributed by atoms with Crippen molar-refractivity contribution in [1.29, 1.82) is 0 Å². The number of alkyl halides is 5. The molecule has 2 aromatic heterocycles. The van der Waals surface area contributed by atoms with E-state index in [1.807, 2.05) is 0 Å². The summed E-state index contributed by atoms with van der Waals surface area (Å²) in [5.41, 5.74) is 3.43. The second-order valence-corrected chi connectivity index (χ2v) is 7.20. The first kappa shape index (κ1) is 22.4. The lowest BCUT2D eigenvalue weighted by molar-refractivity contribution is -0.137. The van der Waals surface area contributed by atoms with Crippen molar-refractivity contribution in [3.8, 4) is 0 Å². The molecule has 166 valence electrons. The molecule has 0 bridgehead atoms. The van der Waals surface area contributed by atoms with Crippen LogP contribution < -0.4 is 16.0 Å². The molecule has 1 aliphatic heterocycles. The summed E-state index contributed by atoms with van der Waals surface area (Å²) in [6.45, 7) is 0.947. The number of amides is 2. The normalized spacial score (nSPS) is 18.5. The molecule has 2 amide bonds. The molecule has 1 atom stereocenters. The van der Waals surface area contributed by atoms with Crippen LogP contribution in [0.1, 0.15) is 39.8 Å². The van der Waals surface area contributed by atoms with Gasteiger partial charge in [-0.05, 0) is 18.2 Å². The highest BCUT2D eigenvalue weighted by atomic mass is 19.4. The van der Waals surface area contributed by atoms with E-state index in [0.29, 0.717) is 12.3 Å². The van der Waals surface area contributed by atoms with Gasteiger partial charge in [0.15, 0.2) is 0 Å². The van der Waals surface area contributed by atoms with Gasteiger partial charge in [-0.25, -0.2) is 13.8 Å². The maximum atomic E-state index is 13.8. The minimum Gasteiger partial charge on any atom is -0.364 e. The van der Waals surface area contributed by atoms with Gasteiger partial charge in [0.05, 0.1) is 11.1 Å². The van der Waals surface area contributed by atoms with Crippen LogP contribution in [0.25, 0.3) is 0 Å². The molecule has 3 rings (SSSR count). The fourth-order valence-electron chi connectivity index (χ4n) is 3.15. The first-order chi connectivity index (χ1) is 14.4. The molecule has 12 heteroatoms. The van der Waals surface area contributed by atoms with Crippen LogP contribution in [0.3, 0.4) is 0 Å². The smallest absolute Gasteiger partial charge is 0.364 e. The Labute approximate surface area is 173 Å². The number of nitrogens with two attached hydrogens (primary N) is 1. The molecule has 0 radical (unpaired) electrons. The van der Waals surface area contributed by atoms with E-state index in [0.717, 1.165) is 6.07 Å². The molecule has 31 heavy (non-hydrogen) atoms. The predicted octanol–water partition coefficient (Wildman–Crippen LogP) is 3.33. The van der Waals surface area contributed by atoms with Crippen LogP contribution in [-0.2, 0) is 6.18 Å². The van der Waals surface area contributed by atoms with Crippen molar-refractivity contribution in [3.63, 3.8) is 0 Å². The maximum Gasteiger partial charge on any atom is 0.417 e. The standard InChI is InChI=1S/C19H18F5N5O2/c1-10-9-29(5-3-18(10,20)21)16-13(6-11(8-27-16)19(22,23)24)17(31)28-12-2-4-26-14(7-12)15(25)30/h2,4,6-8,10H,3,5,9H2,1H3,(H2,25,30)(H,26,28,31). The highest BCUT2D eigenvalue weighted by Crippen LogP contribution is 2.37. The van der Waals surface area contributed by atoms with Crippen LogP contribution >= 0.6 is 0 Å². The Balaban J connectivity index is 1.97. The fourth-order valence-corrected chi connectivity index (χ4v) is 3.15. The topological polar surface area (TPSA) is 101 Å². The quantitative estimate of drug-likeness (QED) is 0.706. The van der Waals surface area contributed by atoms with E-state index < -0.39 is 47.4 Å². The van der Waals surface area contributed by atoms with Gasteiger partial charge in [0.1, 0.15) is 11.5 Å². The minimum atomic E-state index is -4.77. The second-order valence-electron chi connectivity index (χ2n) is 7.20. The Morgan fingerprint density at radius 1 is 1.26 bits per heavy atom. The van der Waals surface area contributed by atoms with Gasteiger partial charge >= 0.3 is 6.18 Å². The zero-order valence-electron chi connectivity index (χ0n) is 16.2. The molecular weight excluding hydrogens is 425 g/mol. The molecule has 0 aromatic carbocycles. The monoisotopic (exact) mass is 443 g/mol. The highest BCUT2D eigenvalue weighted by Gasteiger charge is 2.42. The number of hydrogen-bond donors (Lipinski definition) is 2. The Hall–Kier alpha value is -3.31. The van der Waals surface area contributed by atoms with E-state index in [9.17, 15) is 31.5 Å². The minimum absolute atomic E-state index is 0.0655. The average Bonchev–Trinajstić information content (AvgIpc) is 2.69. The lowest BCUT2D eigenvalue weighted by Crippen LogP contribution is -2.46. The van der Waals surface area contributed by atoms with E-state index in [-0.39, 0.29) is 30.3 Å². The number of carbonyl (C=O) groups excluding carboxylic acids is 2. The van der Waals surface area contributed by atoms with Crippen molar-refractivity contribution in [3.05, 3.63) is 47.4 Å². The SMILES string of the molecule is CC1CN(c2ncc(C(F)(F)F)cc2C(=O)Nc2ccnc(C(N)=O)c2)CCC1(F)F. The maximum absolute atomic E-state index is 13.8. The summed E-state index contributed by atoms with van der Waals surface area (Å²) < 4.78 is 67.3. The van der Waals surface area contributed by atoms with Crippen LogP contribution in [-0.4, -0.2) is 40.8 Å². The van der Waals surface area contributed by atoms with Crippen LogP contribution in [0.15, 0.2) is 30.6 Å². The number of aromatic nitrogens is 2. The summed E-state index contributed by atoms with van der Waals surface area (Å²) in [4.78, 5) is 32.9. The Bertz CT molecular complexity index is 1010. The van der Waals surface area contributed by atoms with Crippen LogP contribution in [0.4, 0.5) is 33.5 Å². The highest BCUT2D eigenvalue weighted by molar-refractivity contribution is 6.08. The number of rotatable bonds is 4. The van der Waals surface area contributed by atoms with E-state index in [2.05, 4.69) is 15.3 Å². The fraction of sp³-hybridized carbons (Fsp3) is 0.368. The van der Waals surface area contributed by atoms with Crippen LogP contribution in [0.5, 0.6) is 0 Å². The van der Waals surface area contributed by atoms with E-state index in [4.69, 9.17) is 5.73 Å². The largest absolute Gasteiger partial charge is 0.417 e. The number of nitrogens with one attached hydrogen (secondary N) is 1. The Morgan fingerprint density at radius 3 is 2.58 bits per heavy atom. The first-order valence-electron chi connectivity index (χ1n) is 9.15. The molecule has 3 heterocycles. The Kier molecular flexibility index (Phi) is 5.83. The van der Waals surface area contributed by atoms with Crippen molar-refractivity contribution in [2.45, 2.75) is 25.4 Å². The van der Waals surface area contributed by atoms with Crippen molar-refractivity contribution >= 4 is 23.3 Å². The number of piperidine rings is 1. The molecule has 0 saturated carbocycles. The van der Waals surface area contributed by atoms with Gasteiger partial charge in [-0.15, -0.1) is 0 Å². The molecular formula is C19H18F5N5O2. The molecule has 3 N–H and O–H groups in total. The molecule has 7 nitrogen and oxygen atoms in total. The number of nitrogens with zero attached hydrogens (tertiary/aromatic N) is 3. The number of anilines is 2. The summed E-state index contributed by atoms with van der Waals surface area (Å²) >= 11 is 0. The number of carbonyl (C=O) groups is 2. The molecule has 1 saturated heterocycles. The van der Waals surface area contributed by atoms with Crippen molar-refractivity contribution in [2.24, 2.45) is 11.7 Å². The predicted molar refractivity (Wildman–Crippen MR) is 101 cm³/mol. The number of pyridine rings is 2.